The van der Waals surface area contributed by atoms with Gasteiger partial charge in [0.2, 0.25) is 5.91 Å². The van der Waals surface area contributed by atoms with Crippen LogP contribution in [0.1, 0.15) is 30.0 Å². The molecule has 0 spiro atoms. The zero-order chi connectivity index (χ0) is 19.6. The number of hydrazone groups is 1. The molecule has 0 heterocycles. The number of amides is 1. The molecule has 2 aromatic rings. The summed E-state index contributed by atoms with van der Waals surface area (Å²) in [5.74, 6) is 1.82. The maximum Gasteiger partial charge on any atom is 0.236 e. The third-order valence-corrected chi connectivity index (χ3v) is 3.65. The molecule has 6 heteroatoms. The van der Waals surface area contributed by atoms with Crippen molar-refractivity contribution in [2.75, 3.05) is 20.3 Å². The van der Waals surface area contributed by atoms with Gasteiger partial charge >= 0.3 is 0 Å². The maximum atomic E-state index is 11.0. The second-order valence-electron chi connectivity index (χ2n) is 6.18. The molecule has 2 rings (SSSR count). The van der Waals surface area contributed by atoms with E-state index in [1.54, 1.807) is 7.11 Å². The van der Waals surface area contributed by atoms with Gasteiger partial charge < -0.3 is 14.2 Å². The molecule has 0 aliphatic heterocycles. The fourth-order valence-corrected chi connectivity index (χ4v) is 2.58. The molecule has 0 unspecified atom stereocenters. The first kappa shape index (κ1) is 20.3. The second kappa shape index (κ2) is 10.2. The Morgan fingerprint density at radius 3 is 2.48 bits per heavy atom. The number of methoxy groups -OCH3 is 1. The fourth-order valence-electron chi connectivity index (χ4n) is 2.58. The number of carbonyl (C=O) groups excluding carboxylic acids is 1. The summed E-state index contributed by atoms with van der Waals surface area (Å²) in [5.41, 5.74) is 5.46. The Hall–Kier alpha value is -3.02. The Morgan fingerprint density at radius 1 is 1.11 bits per heavy atom. The number of aryl methyl sites for hydroxylation is 2. The van der Waals surface area contributed by atoms with E-state index in [-0.39, 0.29) is 5.91 Å². The van der Waals surface area contributed by atoms with Gasteiger partial charge in [-0.2, -0.15) is 5.10 Å². The van der Waals surface area contributed by atoms with E-state index < -0.39 is 0 Å². The lowest BCUT2D eigenvalue weighted by atomic mass is 10.1. The van der Waals surface area contributed by atoms with E-state index in [0.717, 1.165) is 11.3 Å². The van der Waals surface area contributed by atoms with Crippen molar-refractivity contribution in [2.45, 2.75) is 27.2 Å². The molecule has 0 saturated heterocycles. The van der Waals surface area contributed by atoms with E-state index in [1.165, 1.54) is 24.3 Å². The smallest absolute Gasteiger partial charge is 0.236 e. The number of hydrogen-bond donors (Lipinski definition) is 1. The van der Waals surface area contributed by atoms with Crippen molar-refractivity contribution < 1.29 is 19.0 Å². The third kappa shape index (κ3) is 6.66. The van der Waals surface area contributed by atoms with Gasteiger partial charge in [-0.15, -0.1) is 0 Å². The number of nitrogens with one attached hydrogen (secondary N) is 1. The van der Waals surface area contributed by atoms with Gasteiger partial charge in [-0.3, -0.25) is 4.79 Å². The van der Waals surface area contributed by atoms with Gasteiger partial charge in [0.05, 0.1) is 26.5 Å². The molecule has 27 heavy (non-hydrogen) atoms. The highest BCUT2D eigenvalue weighted by molar-refractivity contribution is 5.86. The van der Waals surface area contributed by atoms with Crippen LogP contribution in [0.5, 0.6) is 17.2 Å². The zero-order valence-electron chi connectivity index (χ0n) is 16.2. The average molecular weight is 370 g/mol. The third-order valence-electron chi connectivity index (χ3n) is 3.65. The lowest BCUT2D eigenvalue weighted by molar-refractivity contribution is -0.118. The van der Waals surface area contributed by atoms with Gasteiger partial charge in [-0.05, 0) is 49.2 Å². The number of ether oxygens (including phenoxy) is 3. The molecule has 0 radical (unpaired) electrons. The summed E-state index contributed by atoms with van der Waals surface area (Å²) in [6.07, 6.45) is 2.25. The van der Waals surface area contributed by atoms with Gasteiger partial charge in [0.25, 0.3) is 0 Å². The van der Waals surface area contributed by atoms with Crippen LogP contribution >= 0.6 is 0 Å². The normalized spacial score (nSPS) is 10.7. The van der Waals surface area contributed by atoms with Crippen molar-refractivity contribution >= 4 is 12.1 Å². The molecule has 0 saturated carbocycles. The first-order chi connectivity index (χ1) is 13.0. The quantitative estimate of drug-likeness (QED) is 0.416. The molecule has 0 atom stereocenters. The minimum atomic E-state index is -0.236. The summed E-state index contributed by atoms with van der Waals surface area (Å²) < 4.78 is 17.1. The molecule has 0 bridgehead atoms. The summed E-state index contributed by atoms with van der Waals surface area (Å²) in [4.78, 5) is 11.0. The SMILES string of the molecule is COc1cccc(/C=N/NC(C)=O)c1OCCCOc1cc(C)cc(C)c1. The highest BCUT2D eigenvalue weighted by atomic mass is 16.5. The summed E-state index contributed by atoms with van der Waals surface area (Å²) in [6, 6.07) is 11.6. The van der Waals surface area contributed by atoms with Gasteiger partial charge in [0, 0.05) is 18.9 Å². The molecular weight excluding hydrogens is 344 g/mol. The highest BCUT2D eigenvalue weighted by Gasteiger charge is 2.09. The number of nitrogens with zero attached hydrogens (tertiary/aromatic N) is 1. The Morgan fingerprint density at radius 2 is 1.81 bits per heavy atom. The van der Waals surface area contributed by atoms with Gasteiger partial charge in [0.15, 0.2) is 11.5 Å². The van der Waals surface area contributed by atoms with Gasteiger partial charge in [0.1, 0.15) is 5.75 Å². The molecule has 0 aliphatic carbocycles. The van der Waals surface area contributed by atoms with Crippen molar-refractivity contribution in [2.24, 2.45) is 5.10 Å². The Balaban J connectivity index is 1.92. The maximum absolute atomic E-state index is 11.0. The fraction of sp³-hybridized carbons (Fsp3) is 0.333. The predicted octanol–water partition coefficient (Wildman–Crippen LogP) is 3.63. The van der Waals surface area contributed by atoms with Crippen LogP contribution in [0.3, 0.4) is 0 Å². The number of carbonyl (C=O) groups is 1. The van der Waals surface area contributed by atoms with Crippen LogP contribution in [0.25, 0.3) is 0 Å². The molecule has 0 fully saturated rings. The van der Waals surface area contributed by atoms with Crippen molar-refractivity contribution in [1.29, 1.82) is 0 Å². The highest BCUT2D eigenvalue weighted by Crippen LogP contribution is 2.30. The lowest BCUT2D eigenvalue weighted by Gasteiger charge is -2.13. The number of rotatable bonds is 9. The van der Waals surface area contributed by atoms with Crippen molar-refractivity contribution in [1.82, 2.24) is 5.43 Å². The molecule has 0 aliphatic rings. The minimum absolute atomic E-state index is 0.236. The molecule has 2 aromatic carbocycles. The summed E-state index contributed by atoms with van der Waals surface area (Å²) in [6.45, 7) is 6.51. The van der Waals surface area contributed by atoms with Crippen molar-refractivity contribution in [3.8, 4) is 17.2 Å². The zero-order valence-corrected chi connectivity index (χ0v) is 16.2. The van der Waals surface area contributed by atoms with Gasteiger partial charge in [-0.25, -0.2) is 5.43 Å². The molecule has 6 nitrogen and oxygen atoms in total. The molecule has 1 N–H and O–H groups in total. The van der Waals surface area contributed by atoms with Crippen LogP contribution in [0.15, 0.2) is 41.5 Å². The Kier molecular flexibility index (Phi) is 7.67. The van der Waals surface area contributed by atoms with Crippen molar-refractivity contribution in [3.63, 3.8) is 0 Å². The van der Waals surface area contributed by atoms with Crippen LogP contribution < -0.4 is 19.6 Å². The summed E-state index contributed by atoms with van der Waals surface area (Å²) in [5, 5.41) is 3.89. The molecule has 144 valence electrons. The van der Waals surface area contributed by atoms with E-state index in [0.29, 0.717) is 31.1 Å². The number of para-hydroxylation sites is 1. The van der Waals surface area contributed by atoms with Gasteiger partial charge in [-0.1, -0.05) is 12.1 Å². The van der Waals surface area contributed by atoms with E-state index in [2.05, 4.69) is 30.4 Å². The predicted molar refractivity (Wildman–Crippen MR) is 106 cm³/mol. The minimum Gasteiger partial charge on any atom is -0.493 e. The second-order valence-corrected chi connectivity index (χ2v) is 6.18. The van der Waals surface area contributed by atoms with Crippen LogP contribution in [0, 0.1) is 13.8 Å². The molecule has 0 aromatic heterocycles. The lowest BCUT2D eigenvalue weighted by Crippen LogP contribution is -2.12. The average Bonchev–Trinajstić information content (AvgIpc) is 2.61. The summed E-state index contributed by atoms with van der Waals surface area (Å²) in [7, 11) is 1.58. The van der Waals surface area contributed by atoms with Crippen LogP contribution in [0.2, 0.25) is 0 Å². The number of benzene rings is 2. The first-order valence-corrected chi connectivity index (χ1v) is 8.80. The Bertz CT molecular complexity index is 783. The molecular formula is C21H26N2O4. The standard InChI is InChI=1S/C21H26N2O4/c1-15-11-16(2)13-19(12-15)26-9-6-10-27-21-18(14-22-23-17(3)24)7-5-8-20(21)25-4/h5,7-8,11-14H,6,9-10H2,1-4H3,(H,23,24)/b22-14+. The van der Waals surface area contributed by atoms with E-state index >= 15 is 0 Å². The number of hydrogen-bond acceptors (Lipinski definition) is 5. The van der Waals surface area contributed by atoms with Crippen LogP contribution in [0.4, 0.5) is 0 Å². The molecule has 1 amide bonds. The first-order valence-electron chi connectivity index (χ1n) is 8.80. The van der Waals surface area contributed by atoms with E-state index in [4.69, 9.17) is 14.2 Å². The summed E-state index contributed by atoms with van der Waals surface area (Å²) >= 11 is 0. The Labute approximate surface area is 160 Å². The topological polar surface area (TPSA) is 69.2 Å². The monoisotopic (exact) mass is 370 g/mol. The van der Waals surface area contributed by atoms with Crippen LogP contribution in [-0.4, -0.2) is 32.4 Å². The van der Waals surface area contributed by atoms with E-state index in [9.17, 15) is 4.79 Å². The van der Waals surface area contributed by atoms with Crippen LogP contribution in [-0.2, 0) is 4.79 Å². The largest absolute Gasteiger partial charge is 0.493 e. The van der Waals surface area contributed by atoms with Crippen molar-refractivity contribution in [3.05, 3.63) is 53.1 Å². The van der Waals surface area contributed by atoms with E-state index in [1.807, 2.05) is 30.3 Å².